The number of thiazole rings is 1. The molecule has 0 saturated carbocycles. The summed E-state index contributed by atoms with van der Waals surface area (Å²) in [6.07, 6.45) is 0.0853. The third kappa shape index (κ3) is 4.12. The third-order valence-electron chi connectivity index (χ3n) is 2.96. The van der Waals surface area contributed by atoms with Gasteiger partial charge in [0.25, 0.3) is 0 Å². The highest BCUT2D eigenvalue weighted by Crippen LogP contribution is 2.34. The molecule has 0 bridgehead atoms. The first-order chi connectivity index (χ1) is 10.0. The minimum Gasteiger partial charge on any atom is -0.481 e. The van der Waals surface area contributed by atoms with Crippen LogP contribution in [0.3, 0.4) is 0 Å². The zero-order valence-electron chi connectivity index (χ0n) is 12.3. The van der Waals surface area contributed by atoms with E-state index in [1.54, 1.807) is 11.3 Å². The zero-order valence-corrected chi connectivity index (χ0v) is 14.0. The number of carboxylic acid groups (broad SMARTS) is 1. The molecule has 1 unspecified atom stereocenters. The van der Waals surface area contributed by atoms with Gasteiger partial charge in [-0.1, -0.05) is 13.8 Å². The van der Waals surface area contributed by atoms with Gasteiger partial charge in [-0.15, -0.1) is 22.7 Å². The minimum atomic E-state index is -0.807. The van der Waals surface area contributed by atoms with Crippen LogP contribution in [0.4, 0.5) is 0 Å². The average molecular weight is 325 g/mol. The Morgan fingerprint density at radius 3 is 2.81 bits per heavy atom. The lowest BCUT2D eigenvalue weighted by Crippen LogP contribution is -2.10. The predicted molar refractivity (Wildman–Crippen MR) is 86.0 cm³/mol. The molecule has 4 nitrogen and oxygen atoms in total. The molecule has 0 spiro atoms. The normalized spacial score (nSPS) is 12.8. The Balaban J connectivity index is 2.18. The Morgan fingerprint density at radius 2 is 2.19 bits per heavy atom. The summed E-state index contributed by atoms with van der Waals surface area (Å²) >= 11 is 3.08. The van der Waals surface area contributed by atoms with Gasteiger partial charge in [0.15, 0.2) is 0 Å². The van der Waals surface area contributed by atoms with E-state index in [4.69, 9.17) is 9.84 Å². The SMILES string of the molecule is CCOC(c1nc(-c2ccc(CC(=O)O)s2)cs1)C(C)C. The number of aromatic nitrogens is 1. The fourth-order valence-corrected chi connectivity index (χ4v) is 4.09. The summed E-state index contributed by atoms with van der Waals surface area (Å²) in [5.74, 6) is -0.437. The van der Waals surface area contributed by atoms with Crippen LogP contribution in [0.1, 0.15) is 36.8 Å². The largest absolute Gasteiger partial charge is 0.481 e. The van der Waals surface area contributed by atoms with E-state index in [1.807, 2.05) is 24.4 Å². The van der Waals surface area contributed by atoms with Gasteiger partial charge in [0, 0.05) is 16.9 Å². The van der Waals surface area contributed by atoms with Gasteiger partial charge in [0.1, 0.15) is 11.1 Å². The highest BCUT2D eigenvalue weighted by molar-refractivity contribution is 7.16. The van der Waals surface area contributed by atoms with E-state index < -0.39 is 5.97 Å². The Kier molecular flexibility index (Phi) is 5.50. The molecule has 0 radical (unpaired) electrons. The van der Waals surface area contributed by atoms with Gasteiger partial charge in [-0.2, -0.15) is 0 Å². The number of carboxylic acids is 1. The Labute approximate surface area is 132 Å². The van der Waals surface area contributed by atoms with E-state index in [-0.39, 0.29) is 12.5 Å². The molecule has 1 N–H and O–H groups in total. The van der Waals surface area contributed by atoms with Crippen molar-refractivity contribution in [2.75, 3.05) is 6.61 Å². The van der Waals surface area contributed by atoms with Gasteiger partial charge in [-0.25, -0.2) is 4.98 Å². The summed E-state index contributed by atoms with van der Waals surface area (Å²) in [6.45, 7) is 6.90. The molecule has 21 heavy (non-hydrogen) atoms. The number of hydrogen-bond donors (Lipinski definition) is 1. The van der Waals surface area contributed by atoms with Crippen LogP contribution < -0.4 is 0 Å². The molecule has 114 valence electrons. The van der Waals surface area contributed by atoms with E-state index in [9.17, 15) is 4.79 Å². The van der Waals surface area contributed by atoms with Gasteiger partial charge < -0.3 is 9.84 Å². The monoisotopic (exact) mass is 325 g/mol. The number of rotatable bonds is 7. The number of carbonyl (C=O) groups is 1. The molecule has 6 heteroatoms. The number of nitrogens with zero attached hydrogens (tertiary/aromatic N) is 1. The third-order valence-corrected chi connectivity index (χ3v) is 4.97. The van der Waals surface area contributed by atoms with Gasteiger partial charge >= 0.3 is 5.97 Å². The zero-order chi connectivity index (χ0) is 15.4. The molecule has 2 heterocycles. The molecule has 0 fully saturated rings. The highest BCUT2D eigenvalue weighted by atomic mass is 32.1. The van der Waals surface area contributed by atoms with Crippen LogP contribution >= 0.6 is 22.7 Å². The number of ether oxygens (including phenoxy) is 1. The lowest BCUT2D eigenvalue weighted by atomic mass is 10.1. The molecular formula is C15H19NO3S2. The smallest absolute Gasteiger partial charge is 0.308 e. The first kappa shape index (κ1) is 16.1. The second-order valence-corrected chi connectivity index (χ2v) is 7.09. The van der Waals surface area contributed by atoms with Crippen LogP contribution in [0.15, 0.2) is 17.5 Å². The van der Waals surface area contributed by atoms with E-state index in [0.717, 1.165) is 20.5 Å². The van der Waals surface area contributed by atoms with Gasteiger partial charge in [0.05, 0.1) is 17.0 Å². The van der Waals surface area contributed by atoms with Crippen molar-refractivity contribution in [1.82, 2.24) is 4.98 Å². The second-order valence-electron chi connectivity index (χ2n) is 5.03. The van der Waals surface area contributed by atoms with Crippen molar-refractivity contribution in [3.63, 3.8) is 0 Å². The van der Waals surface area contributed by atoms with Crippen LogP contribution in [0.25, 0.3) is 10.6 Å². The lowest BCUT2D eigenvalue weighted by Gasteiger charge is -2.17. The summed E-state index contributed by atoms with van der Waals surface area (Å²) in [5.41, 5.74) is 0.905. The van der Waals surface area contributed by atoms with Crippen LogP contribution in [0, 0.1) is 5.92 Å². The molecule has 0 aromatic carbocycles. The standard InChI is InChI=1S/C15H19NO3S2/c1-4-19-14(9(2)3)15-16-11(8-20-15)12-6-5-10(21-12)7-13(17)18/h5-6,8-9,14H,4,7H2,1-3H3,(H,17,18). The summed E-state index contributed by atoms with van der Waals surface area (Å²) < 4.78 is 5.77. The molecule has 0 saturated heterocycles. The first-order valence-electron chi connectivity index (χ1n) is 6.89. The van der Waals surface area contributed by atoms with Crippen molar-refractivity contribution < 1.29 is 14.6 Å². The molecule has 1 atom stereocenters. The molecule has 2 aromatic rings. The Morgan fingerprint density at radius 1 is 1.43 bits per heavy atom. The van der Waals surface area contributed by atoms with Gasteiger partial charge in [-0.3, -0.25) is 4.79 Å². The molecule has 0 amide bonds. The van der Waals surface area contributed by atoms with Crippen molar-refractivity contribution in [2.45, 2.75) is 33.3 Å². The maximum Gasteiger partial charge on any atom is 0.308 e. The maximum absolute atomic E-state index is 10.7. The van der Waals surface area contributed by atoms with Crippen molar-refractivity contribution in [1.29, 1.82) is 0 Å². The van der Waals surface area contributed by atoms with E-state index >= 15 is 0 Å². The van der Waals surface area contributed by atoms with Crippen molar-refractivity contribution in [3.05, 3.63) is 27.4 Å². The summed E-state index contributed by atoms with van der Waals surface area (Å²) in [4.78, 5) is 17.3. The van der Waals surface area contributed by atoms with Crippen molar-refractivity contribution in [2.24, 2.45) is 5.92 Å². The maximum atomic E-state index is 10.7. The minimum absolute atomic E-state index is 0.0206. The molecule has 0 aliphatic rings. The van der Waals surface area contributed by atoms with Crippen LogP contribution in [-0.4, -0.2) is 22.7 Å². The van der Waals surface area contributed by atoms with Crippen LogP contribution in [0.5, 0.6) is 0 Å². The number of aliphatic carboxylic acids is 1. The molecule has 2 aromatic heterocycles. The fraction of sp³-hybridized carbons (Fsp3) is 0.467. The number of thiophene rings is 1. The molecule has 0 aliphatic carbocycles. The second kappa shape index (κ2) is 7.15. The Hall–Kier alpha value is -1.24. The van der Waals surface area contributed by atoms with Gasteiger partial charge in [-0.05, 0) is 25.0 Å². The number of hydrogen-bond acceptors (Lipinski definition) is 5. The molecule has 2 rings (SSSR count). The van der Waals surface area contributed by atoms with Gasteiger partial charge in [0.2, 0.25) is 0 Å². The Bertz CT molecular complexity index is 604. The lowest BCUT2D eigenvalue weighted by molar-refractivity contribution is -0.136. The van der Waals surface area contributed by atoms with Crippen LogP contribution in [-0.2, 0) is 16.0 Å². The van der Waals surface area contributed by atoms with E-state index in [1.165, 1.54) is 11.3 Å². The quantitative estimate of drug-likeness (QED) is 0.827. The molecule has 0 aliphatic heterocycles. The molecular weight excluding hydrogens is 306 g/mol. The topological polar surface area (TPSA) is 59.4 Å². The fourth-order valence-electron chi connectivity index (χ4n) is 2.02. The first-order valence-corrected chi connectivity index (χ1v) is 8.58. The summed E-state index contributed by atoms with van der Waals surface area (Å²) in [6, 6.07) is 3.79. The van der Waals surface area contributed by atoms with E-state index in [2.05, 4.69) is 18.8 Å². The van der Waals surface area contributed by atoms with Crippen LogP contribution in [0.2, 0.25) is 0 Å². The average Bonchev–Trinajstić information content (AvgIpc) is 3.03. The highest BCUT2D eigenvalue weighted by Gasteiger charge is 2.20. The summed E-state index contributed by atoms with van der Waals surface area (Å²) in [7, 11) is 0. The van der Waals surface area contributed by atoms with E-state index in [0.29, 0.717) is 12.5 Å². The predicted octanol–water partition coefficient (Wildman–Crippen LogP) is 4.23. The van der Waals surface area contributed by atoms with Crippen molar-refractivity contribution >= 4 is 28.6 Å². The van der Waals surface area contributed by atoms with Crippen molar-refractivity contribution in [3.8, 4) is 10.6 Å². The summed E-state index contributed by atoms with van der Waals surface area (Å²) in [5, 5.41) is 11.8.